The van der Waals surface area contributed by atoms with Gasteiger partial charge < -0.3 is 10.4 Å². The van der Waals surface area contributed by atoms with Gasteiger partial charge in [-0.05, 0) is 34.5 Å². The number of alkyl halides is 1. The van der Waals surface area contributed by atoms with Gasteiger partial charge in [0.05, 0.1) is 17.7 Å². The standard InChI is InChI=1S/C10H13BrClNO/c1-7-3-2-4-9(11)10(7)13-6-8(14)5-12/h2-4,8,13-14H,5-6H2,1H3. The van der Waals surface area contributed by atoms with E-state index in [1.54, 1.807) is 0 Å². The molecule has 1 aromatic rings. The van der Waals surface area contributed by atoms with E-state index >= 15 is 0 Å². The maximum absolute atomic E-state index is 9.29. The molecule has 0 saturated heterocycles. The molecule has 0 heterocycles. The maximum Gasteiger partial charge on any atom is 0.0847 e. The monoisotopic (exact) mass is 277 g/mol. The number of halogens is 2. The summed E-state index contributed by atoms with van der Waals surface area (Å²) in [5.74, 6) is 0.247. The predicted molar refractivity (Wildman–Crippen MR) is 64.1 cm³/mol. The number of aryl methyl sites for hydroxylation is 1. The van der Waals surface area contributed by atoms with Crippen molar-refractivity contribution >= 4 is 33.2 Å². The molecule has 0 aliphatic carbocycles. The van der Waals surface area contributed by atoms with E-state index in [0.717, 1.165) is 15.7 Å². The van der Waals surface area contributed by atoms with Crippen molar-refractivity contribution in [3.8, 4) is 0 Å². The highest BCUT2D eigenvalue weighted by molar-refractivity contribution is 9.10. The summed E-state index contributed by atoms with van der Waals surface area (Å²) in [6, 6.07) is 5.95. The highest BCUT2D eigenvalue weighted by Gasteiger charge is 2.05. The lowest BCUT2D eigenvalue weighted by Gasteiger charge is -2.13. The molecule has 14 heavy (non-hydrogen) atoms. The zero-order chi connectivity index (χ0) is 10.6. The lowest BCUT2D eigenvalue weighted by Crippen LogP contribution is -2.21. The van der Waals surface area contributed by atoms with E-state index in [9.17, 15) is 5.11 Å². The Morgan fingerprint density at radius 3 is 2.86 bits per heavy atom. The molecule has 0 spiro atoms. The number of aliphatic hydroxyl groups is 1. The largest absolute Gasteiger partial charge is 0.390 e. The number of hydrogen-bond acceptors (Lipinski definition) is 2. The van der Waals surface area contributed by atoms with Gasteiger partial charge in [0.2, 0.25) is 0 Å². The Labute approximate surface area is 97.4 Å². The van der Waals surface area contributed by atoms with Crippen LogP contribution in [-0.2, 0) is 0 Å². The number of anilines is 1. The van der Waals surface area contributed by atoms with Gasteiger partial charge in [-0.2, -0.15) is 0 Å². The lowest BCUT2D eigenvalue weighted by molar-refractivity contribution is 0.211. The van der Waals surface area contributed by atoms with Crippen LogP contribution >= 0.6 is 27.5 Å². The van der Waals surface area contributed by atoms with E-state index in [2.05, 4.69) is 21.2 Å². The normalized spacial score (nSPS) is 12.6. The smallest absolute Gasteiger partial charge is 0.0847 e. The van der Waals surface area contributed by atoms with Gasteiger partial charge in [-0.25, -0.2) is 0 Å². The minimum absolute atomic E-state index is 0.247. The lowest BCUT2D eigenvalue weighted by atomic mass is 10.2. The van der Waals surface area contributed by atoms with Crippen LogP contribution in [0.1, 0.15) is 5.56 Å². The topological polar surface area (TPSA) is 32.3 Å². The fourth-order valence-corrected chi connectivity index (χ4v) is 1.84. The van der Waals surface area contributed by atoms with Crippen molar-refractivity contribution in [1.29, 1.82) is 0 Å². The molecular formula is C10H13BrClNO. The van der Waals surface area contributed by atoms with Gasteiger partial charge in [0, 0.05) is 11.0 Å². The molecule has 78 valence electrons. The van der Waals surface area contributed by atoms with Crippen molar-refractivity contribution in [2.24, 2.45) is 0 Å². The summed E-state index contributed by atoms with van der Waals surface area (Å²) in [5.41, 5.74) is 2.15. The molecule has 1 aromatic carbocycles. The first kappa shape index (κ1) is 11.8. The van der Waals surface area contributed by atoms with Gasteiger partial charge in [0.15, 0.2) is 0 Å². The minimum atomic E-state index is -0.511. The molecule has 0 radical (unpaired) electrons. The zero-order valence-corrected chi connectivity index (χ0v) is 10.3. The third-order valence-electron chi connectivity index (χ3n) is 1.91. The number of benzene rings is 1. The fourth-order valence-electron chi connectivity index (χ4n) is 1.13. The van der Waals surface area contributed by atoms with Crippen LogP contribution in [0.2, 0.25) is 0 Å². The summed E-state index contributed by atoms with van der Waals surface area (Å²) in [6.45, 7) is 2.48. The molecule has 0 aliphatic rings. The Morgan fingerprint density at radius 1 is 1.57 bits per heavy atom. The number of rotatable bonds is 4. The molecule has 1 unspecified atom stereocenters. The van der Waals surface area contributed by atoms with Crippen molar-refractivity contribution in [3.63, 3.8) is 0 Å². The molecule has 0 bridgehead atoms. The second-order valence-electron chi connectivity index (χ2n) is 3.12. The first-order valence-corrected chi connectivity index (χ1v) is 5.71. The summed E-state index contributed by atoms with van der Waals surface area (Å²) < 4.78 is 0.999. The van der Waals surface area contributed by atoms with Crippen LogP contribution in [0.25, 0.3) is 0 Å². The Bertz CT molecular complexity index is 286. The molecule has 4 heteroatoms. The first-order valence-electron chi connectivity index (χ1n) is 4.38. The highest BCUT2D eigenvalue weighted by Crippen LogP contribution is 2.25. The second kappa shape index (κ2) is 5.59. The van der Waals surface area contributed by atoms with Crippen molar-refractivity contribution < 1.29 is 5.11 Å². The van der Waals surface area contributed by atoms with Crippen molar-refractivity contribution in [3.05, 3.63) is 28.2 Å². The molecule has 2 nitrogen and oxygen atoms in total. The third-order valence-corrected chi connectivity index (χ3v) is 2.93. The van der Waals surface area contributed by atoms with Gasteiger partial charge in [-0.1, -0.05) is 12.1 Å². The summed E-state index contributed by atoms with van der Waals surface area (Å²) in [7, 11) is 0. The van der Waals surface area contributed by atoms with Gasteiger partial charge in [-0.15, -0.1) is 11.6 Å². The van der Waals surface area contributed by atoms with Crippen molar-refractivity contribution in [2.45, 2.75) is 13.0 Å². The Morgan fingerprint density at radius 2 is 2.29 bits per heavy atom. The molecular weight excluding hydrogens is 265 g/mol. The van der Waals surface area contributed by atoms with Gasteiger partial charge >= 0.3 is 0 Å². The average Bonchev–Trinajstić information content (AvgIpc) is 2.16. The Balaban J connectivity index is 2.66. The van der Waals surface area contributed by atoms with E-state index in [1.807, 2.05) is 25.1 Å². The quantitative estimate of drug-likeness (QED) is 0.830. The summed E-state index contributed by atoms with van der Waals surface area (Å²) in [5, 5.41) is 12.4. The molecule has 0 amide bonds. The molecule has 0 aliphatic heterocycles. The summed E-state index contributed by atoms with van der Waals surface area (Å²) in [6.07, 6.45) is -0.511. The number of aliphatic hydroxyl groups excluding tert-OH is 1. The van der Waals surface area contributed by atoms with Crippen LogP contribution in [0.15, 0.2) is 22.7 Å². The van der Waals surface area contributed by atoms with Crippen molar-refractivity contribution in [1.82, 2.24) is 0 Å². The van der Waals surface area contributed by atoms with Crippen LogP contribution in [0.5, 0.6) is 0 Å². The van der Waals surface area contributed by atoms with Crippen LogP contribution in [-0.4, -0.2) is 23.6 Å². The molecule has 1 atom stereocenters. The van der Waals surface area contributed by atoms with Crippen molar-refractivity contribution in [2.75, 3.05) is 17.7 Å². The number of para-hydroxylation sites is 1. The van der Waals surface area contributed by atoms with Gasteiger partial charge in [0.1, 0.15) is 0 Å². The summed E-state index contributed by atoms with van der Waals surface area (Å²) >= 11 is 8.94. The SMILES string of the molecule is Cc1cccc(Br)c1NCC(O)CCl. The van der Waals surface area contributed by atoms with E-state index in [0.29, 0.717) is 6.54 Å². The van der Waals surface area contributed by atoms with Crippen LogP contribution in [0.4, 0.5) is 5.69 Å². The predicted octanol–water partition coefficient (Wildman–Crippen LogP) is 2.77. The van der Waals surface area contributed by atoms with Crippen LogP contribution in [0.3, 0.4) is 0 Å². The summed E-state index contributed by atoms with van der Waals surface area (Å²) in [4.78, 5) is 0. The molecule has 2 N–H and O–H groups in total. The van der Waals surface area contributed by atoms with Crippen LogP contribution in [0, 0.1) is 6.92 Å². The molecule has 1 rings (SSSR count). The van der Waals surface area contributed by atoms with Gasteiger partial charge in [-0.3, -0.25) is 0 Å². The number of nitrogens with one attached hydrogen (secondary N) is 1. The van der Waals surface area contributed by atoms with Gasteiger partial charge in [0.25, 0.3) is 0 Å². The molecule has 0 aromatic heterocycles. The average molecular weight is 279 g/mol. The van der Waals surface area contributed by atoms with E-state index in [-0.39, 0.29) is 5.88 Å². The third kappa shape index (κ3) is 3.15. The highest BCUT2D eigenvalue weighted by atomic mass is 79.9. The Hall–Kier alpha value is -0.250. The van der Waals surface area contributed by atoms with E-state index in [1.165, 1.54) is 0 Å². The van der Waals surface area contributed by atoms with E-state index in [4.69, 9.17) is 11.6 Å². The molecule has 0 fully saturated rings. The van der Waals surface area contributed by atoms with E-state index < -0.39 is 6.10 Å². The fraction of sp³-hybridized carbons (Fsp3) is 0.400. The Kier molecular flexibility index (Phi) is 4.72. The second-order valence-corrected chi connectivity index (χ2v) is 4.28. The van der Waals surface area contributed by atoms with Crippen LogP contribution < -0.4 is 5.32 Å². The number of hydrogen-bond donors (Lipinski definition) is 2. The first-order chi connectivity index (χ1) is 6.65. The minimum Gasteiger partial charge on any atom is -0.390 e. The molecule has 0 saturated carbocycles. The zero-order valence-electron chi connectivity index (χ0n) is 7.93. The maximum atomic E-state index is 9.29.